The van der Waals surface area contributed by atoms with Crippen molar-refractivity contribution >= 4 is 46.0 Å². The van der Waals surface area contributed by atoms with Crippen molar-refractivity contribution in [3.8, 4) is 5.75 Å². The number of ketones is 1. The predicted molar refractivity (Wildman–Crippen MR) is 129 cm³/mol. The Labute approximate surface area is 205 Å². The highest BCUT2D eigenvalue weighted by Gasteiger charge is 2.55. The smallest absolute Gasteiger partial charge is 0.323 e. The van der Waals surface area contributed by atoms with Crippen molar-refractivity contribution in [2.24, 2.45) is 11.7 Å². The van der Waals surface area contributed by atoms with Crippen LogP contribution in [0.25, 0.3) is 10.9 Å². The minimum atomic E-state index is -0.700. The molecule has 182 valence electrons. The topological polar surface area (TPSA) is 107 Å². The second-order valence-corrected chi connectivity index (χ2v) is 9.37. The SMILES string of the molecule is COc1ccc2c(NC(=O)N3C4CC4C[C@H]3C(=O)CCc3cccc(Cl)c3F)cn(C(N)=O)c2c1. The maximum Gasteiger partial charge on any atom is 0.323 e. The number of carbonyl (C=O) groups is 3. The number of likely N-dealkylation sites (tertiary alicyclic amines) is 1. The number of piperidine rings is 1. The molecule has 0 bridgehead atoms. The minimum Gasteiger partial charge on any atom is -0.497 e. The van der Waals surface area contributed by atoms with Gasteiger partial charge in [0.2, 0.25) is 0 Å². The summed E-state index contributed by atoms with van der Waals surface area (Å²) in [5.41, 5.74) is 6.78. The molecule has 3 aromatic rings. The molecule has 10 heteroatoms. The summed E-state index contributed by atoms with van der Waals surface area (Å²) in [6, 6.07) is 8.13. The van der Waals surface area contributed by atoms with E-state index in [0.717, 1.165) is 6.42 Å². The molecule has 2 unspecified atom stereocenters. The summed E-state index contributed by atoms with van der Waals surface area (Å²) in [7, 11) is 1.51. The normalized spacial score (nSPS) is 20.5. The van der Waals surface area contributed by atoms with Crippen molar-refractivity contribution in [3.05, 3.63) is 59.0 Å². The van der Waals surface area contributed by atoms with Gasteiger partial charge < -0.3 is 20.7 Å². The number of primary amides is 1. The number of nitrogens with one attached hydrogen (secondary N) is 1. The number of methoxy groups -OCH3 is 1. The molecule has 3 amide bonds. The number of nitrogens with two attached hydrogens (primary N) is 1. The van der Waals surface area contributed by atoms with E-state index < -0.39 is 23.9 Å². The van der Waals surface area contributed by atoms with Crippen LogP contribution in [0.3, 0.4) is 0 Å². The Bertz CT molecular complexity index is 1360. The molecule has 2 fully saturated rings. The molecule has 0 spiro atoms. The Hall–Kier alpha value is -3.59. The van der Waals surface area contributed by atoms with Gasteiger partial charge in [-0.3, -0.25) is 9.36 Å². The van der Waals surface area contributed by atoms with Crippen LogP contribution in [0.2, 0.25) is 5.02 Å². The molecule has 1 saturated carbocycles. The molecular weight excluding hydrogens is 475 g/mol. The Balaban J connectivity index is 1.34. The van der Waals surface area contributed by atoms with E-state index in [1.54, 1.807) is 35.2 Å². The highest BCUT2D eigenvalue weighted by molar-refractivity contribution is 6.30. The zero-order chi connectivity index (χ0) is 24.9. The monoisotopic (exact) mass is 498 g/mol. The molecule has 8 nitrogen and oxygen atoms in total. The summed E-state index contributed by atoms with van der Waals surface area (Å²) < 4.78 is 20.7. The first kappa shape index (κ1) is 23.2. The third-order valence-electron chi connectivity index (χ3n) is 6.87. The average Bonchev–Trinajstić information content (AvgIpc) is 3.35. The number of ether oxygens (including phenoxy) is 1. The zero-order valence-electron chi connectivity index (χ0n) is 19.0. The summed E-state index contributed by atoms with van der Waals surface area (Å²) in [5.74, 6) is 0.191. The largest absolute Gasteiger partial charge is 0.497 e. The Kier molecular flexibility index (Phi) is 5.88. The van der Waals surface area contributed by atoms with Gasteiger partial charge in [0.25, 0.3) is 0 Å². The summed E-state index contributed by atoms with van der Waals surface area (Å²) in [6.45, 7) is 0. The number of aromatic nitrogens is 1. The molecule has 1 aliphatic heterocycles. The number of benzene rings is 2. The Morgan fingerprint density at radius 3 is 2.77 bits per heavy atom. The van der Waals surface area contributed by atoms with E-state index in [0.29, 0.717) is 34.3 Å². The number of hydrogen-bond donors (Lipinski definition) is 2. The van der Waals surface area contributed by atoms with Gasteiger partial charge in [0.05, 0.1) is 29.4 Å². The van der Waals surface area contributed by atoms with Crippen molar-refractivity contribution in [1.82, 2.24) is 9.47 Å². The van der Waals surface area contributed by atoms with Gasteiger partial charge in [-0.2, -0.15) is 0 Å². The van der Waals surface area contributed by atoms with E-state index in [9.17, 15) is 18.8 Å². The van der Waals surface area contributed by atoms with Crippen LogP contribution in [-0.4, -0.2) is 46.5 Å². The van der Waals surface area contributed by atoms with E-state index >= 15 is 0 Å². The molecule has 0 radical (unpaired) electrons. The van der Waals surface area contributed by atoms with Crippen molar-refractivity contribution in [3.63, 3.8) is 0 Å². The van der Waals surface area contributed by atoms with Crippen LogP contribution in [0, 0.1) is 11.7 Å². The van der Waals surface area contributed by atoms with Gasteiger partial charge in [-0.05, 0) is 48.9 Å². The third-order valence-corrected chi connectivity index (χ3v) is 7.17. The van der Waals surface area contributed by atoms with E-state index in [-0.39, 0.29) is 35.6 Å². The summed E-state index contributed by atoms with van der Waals surface area (Å²) in [6.07, 6.45) is 3.21. The van der Waals surface area contributed by atoms with E-state index in [2.05, 4.69) is 5.32 Å². The number of halogens is 2. The maximum atomic E-state index is 14.2. The van der Waals surface area contributed by atoms with Gasteiger partial charge in [-0.1, -0.05) is 23.7 Å². The van der Waals surface area contributed by atoms with Crippen LogP contribution in [0.5, 0.6) is 5.75 Å². The lowest BCUT2D eigenvalue weighted by Gasteiger charge is -2.27. The van der Waals surface area contributed by atoms with Crippen LogP contribution in [0.1, 0.15) is 24.8 Å². The molecular formula is C25H24ClFN4O4. The molecule has 2 heterocycles. The molecule has 2 aromatic carbocycles. The Morgan fingerprint density at radius 2 is 2.03 bits per heavy atom. The van der Waals surface area contributed by atoms with Gasteiger partial charge in [-0.25, -0.2) is 14.0 Å². The molecule has 3 atom stereocenters. The van der Waals surface area contributed by atoms with Crippen molar-refractivity contribution < 1.29 is 23.5 Å². The van der Waals surface area contributed by atoms with Gasteiger partial charge in [0.15, 0.2) is 5.78 Å². The predicted octanol–water partition coefficient (Wildman–Crippen LogP) is 4.57. The van der Waals surface area contributed by atoms with Gasteiger partial charge >= 0.3 is 12.1 Å². The van der Waals surface area contributed by atoms with Gasteiger partial charge in [0, 0.05) is 30.1 Å². The molecule has 35 heavy (non-hydrogen) atoms. The lowest BCUT2D eigenvalue weighted by atomic mass is 10.00. The summed E-state index contributed by atoms with van der Waals surface area (Å²) in [4.78, 5) is 39.9. The van der Waals surface area contributed by atoms with Crippen LogP contribution in [-0.2, 0) is 11.2 Å². The third kappa shape index (κ3) is 4.20. The van der Waals surface area contributed by atoms with Gasteiger partial charge in [-0.15, -0.1) is 0 Å². The lowest BCUT2D eigenvalue weighted by Crippen LogP contribution is -2.45. The number of Topliss-reactive ketones (excluding diaryl/α,β-unsaturated/α-hetero) is 1. The number of hydrogen-bond acceptors (Lipinski definition) is 4. The van der Waals surface area contributed by atoms with E-state index in [4.69, 9.17) is 22.1 Å². The first-order chi connectivity index (χ1) is 16.8. The number of carbonyl (C=O) groups excluding carboxylic acids is 3. The average molecular weight is 499 g/mol. The molecule has 1 aliphatic carbocycles. The molecule has 1 aromatic heterocycles. The fourth-order valence-electron chi connectivity index (χ4n) is 5.00. The van der Waals surface area contributed by atoms with Crippen LogP contribution >= 0.6 is 11.6 Å². The fourth-order valence-corrected chi connectivity index (χ4v) is 5.19. The van der Waals surface area contributed by atoms with Crippen molar-refractivity contribution in [2.45, 2.75) is 37.8 Å². The number of aryl methyl sites for hydroxylation is 1. The van der Waals surface area contributed by atoms with Gasteiger partial charge in [0.1, 0.15) is 11.6 Å². The number of nitrogens with zero attached hydrogens (tertiary/aromatic N) is 2. The highest BCUT2D eigenvalue weighted by Crippen LogP contribution is 2.48. The Morgan fingerprint density at radius 1 is 1.23 bits per heavy atom. The minimum absolute atomic E-state index is 0.00330. The molecule has 1 saturated heterocycles. The van der Waals surface area contributed by atoms with Crippen LogP contribution in [0.15, 0.2) is 42.6 Å². The fraction of sp³-hybridized carbons (Fsp3) is 0.320. The second-order valence-electron chi connectivity index (χ2n) is 8.97. The first-order valence-electron chi connectivity index (χ1n) is 11.3. The molecule has 5 rings (SSSR count). The number of fused-ring (bicyclic) bond motifs is 2. The number of rotatable bonds is 6. The van der Waals surface area contributed by atoms with E-state index in [1.165, 1.54) is 23.9 Å². The number of amides is 3. The summed E-state index contributed by atoms with van der Waals surface area (Å²) >= 11 is 5.84. The molecule has 3 N–H and O–H groups in total. The number of urea groups is 1. The zero-order valence-corrected chi connectivity index (χ0v) is 19.7. The van der Waals surface area contributed by atoms with Crippen LogP contribution < -0.4 is 15.8 Å². The first-order valence-corrected chi connectivity index (χ1v) is 11.7. The summed E-state index contributed by atoms with van der Waals surface area (Å²) in [5, 5.41) is 3.49. The highest BCUT2D eigenvalue weighted by atomic mass is 35.5. The van der Waals surface area contributed by atoms with Crippen molar-refractivity contribution in [2.75, 3.05) is 12.4 Å². The quantitative estimate of drug-likeness (QED) is 0.519. The molecule has 2 aliphatic rings. The van der Waals surface area contributed by atoms with Crippen molar-refractivity contribution in [1.29, 1.82) is 0 Å². The lowest BCUT2D eigenvalue weighted by molar-refractivity contribution is -0.123. The van der Waals surface area contributed by atoms with E-state index in [1.807, 2.05) is 0 Å². The van der Waals surface area contributed by atoms with Crippen LogP contribution in [0.4, 0.5) is 19.7 Å². The number of anilines is 1. The second kappa shape index (κ2) is 8.88. The maximum absolute atomic E-state index is 14.2. The standard InChI is InChI=1S/C25H24ClFN4O4/c1-35-15-6-7-16-18(12-30(24(28)33)20(16)11-15)29-25(34)31-19-9-14(19)10-21(31)22(32)8-5-13-3-2-4-17(26)23(13)27/h2-4,6-7,11-12,14,19,21H,5,8-10H2,1H3,(H2,28,33)(H,29,34)/t14?,19?,21-/m0/s1.